The molecule has 2 aliphatic heterocycles. The number of unbranched alkanes of at least 4 members (excludes halogenated alkanes) is 20. The lowest BCUT2D eigenvalue weighted by Gasteiger charge is -2.42. The van der Waals surface area contributed by atoms with Crippen molar-refractivity contribution in [2.45, 2.75) is 248 Å². The maximum absolute atomic E-state index is 13.0. The molecule has 2 rings (SSSR count). The van der Waals surface area contributed by atoms with Crippen LogP contribution in [0, 0.1) is 0 Å². The summed E-state index contributed by atoms with van der Waals surface area (Å²) in [5.74, 6) is -0.942. The van der Waals surface area contributed by atoms with E-state index in [0.717, 1.165) is 77.0 Å². The van der Waals surface area contributed by atoms with Crippen molar-refractivity contribution >= 4 is 11.9 Å². The maximum Gasteiger partial charge on any atom is 0.306 e. The lowest BCUT2D eigenvalue weighted by atomic mass is 9.98. The summed E-state index contributed by atoms with van der Waals surface area (Å²) in [6, 6.07) is 0. The zero-order valence-electron chi connectivity index (χ0n) is 39.3. The molecule has 0 saturated carbocycles. The minimum Gasteiger partial charge on any atom is -0.462 e. The van der Waals surface area contributed by atoms with Gasteiger partial charge in [-0.3, -0.25) is 9.59 Å². The highest BCUT2D eigenvalue weighted by molar-refractivity contribution is 5.70. The molecule has 64 heavy (non-hydrogen) atoms. The molecule has 2 saturated heterocycles. The Kier molecular flexibility index (Phi) is 33.6. The molecular formula is C49H88O15. The van der Waals surface area contributed by atoms with E-state index < -0.39 is 92.7 Å². The molecule has 0 amide bonds. The first-order chi connectivity index (χ1) is 31.0. The Balaban J connectivity index is 1.83. The maximum atomic E-state index is 13.0. The molecule has 1 unspecified atom stereocenters. The summed E-state index contributed by atoms with van der Waals surface area (Å²) in [5.41, 5.74) is 0. The van der Waals surface area contributed by atoms with Crippen molar-refractivity contribution in [3.05, 3.63) is 24.3 Å². The van der Waals surface area contributed by atoms with E-state index in [0.29, 0.717) is 12.8 Å². The summed E-state index contributed by atoms with van der Waals surface area (Å²) in [7, 11) is 0. The standard InChI is InChI=1S/C49H88O15/c1-3-5-7-9-11-13-15-17-18-20-22-24-26-28-30-32-41(52)62-37(34-59-40(51)31-29-27-25-23-21-19-16-14-12-10-8-6-4-2)35-60-48-47(58)45(56)43(54)39(64-48)36-61-49-46(57)44(55)42(53)38(33-50)63-49/h14,16-18,37-39,42-50,53-58H,3-13,15,19-36H2,1-2H3/b16-14-,18-17+/t37?,38-,39-,42+,43+,44+,45+,46-,47-,48-,49+/m1/s1. The fourth-order valence-corrected chi connectivity index (χ4v) is 7.73. The molecule has 0 aromatic heterocycles. The predicted octanol–water partition coefficient (Wildman–Crippen LogP) is 6.38. The van der Waals surface area contributed by atoms with Crippen LogP contribution < -0.4 is 0 Å². The van der Waals surface area contributed by atoms with Crippen LogP contribution in [0.5, 0.6) is 0 Å². The summed E-state index contributed by atoms with van der Waals surface area (Å²) < 4.78 is 33.5. The highest BCUT2D eigenvalue weighted by Gasteiger charge is 2.47. The minimum absolute atomic E-state index is 0.155. The summed E-state index contributed by atoms with van der Waals surface area (Å²) >= 11 is 0. The summed E-state index contributed by atoms with van der Waals surface area (Å²) in [6.07, 6.45) is 19.2. The molecule has 2 heterocycles. The Morgan fingerprint density at radius 3 is 1.39 bits per heavy atom. The number of esters is 2. The lowest BCUT2D eigenvalue weighted by molar-refractivity contribution is -0.332. The number of aliphatic hydroxyl groups excluding tert-OH is 7. The van der Waals surface area contributed by atoms with Crippen molar-refractivity contribution in [2.75, 3.05) is 26.4 Å². The van der Waals surface area contributed by atoms with Crippen molar-refractivity contribution in [3.63, 3.8) is 0 Å². The van der Waals surface area contributed by atoms with Gasteiger partial charge in [0.25, 0.3) is 0 Å². The fraction of sp³-hybridized carbons (Fsp3) is 0.878. The average Bonchev–Trinajstić information content (AvgIpc) is 3.29. The third-order valence-electron chi connectivity index (χ3n) is 11.9. The van der Waals surface area contributed by atoms with E-state index in [4.69, 9.17) is 28.4 Å². The number of rotatable bonds is 38. The monoisotopic (exact) mass is 917 g/mol. The molecule has 374 valence electrons. The summed E-state index contributed by atoms with van der Waals surface area (Å²) in [4.78, 5) is 25.7. The second-order valence-corrected chi connectivity index (χ2v) is 17.6. The zero-order valence-corrected chi connectivity index (χ0v) is 39.3. The second kappa shape index (κ2) is 37.0. The highest BCUT2D eigenvalue weighted by Crippen LogP contribution is 2.26. The number of ether oxygens (including phenoxy) is 6. The van der Waals surface area contributed by atoms with Gasteiger partial charge in [-0.15, -0.1) is 0 Å². The molecule has 0 spiro atoms. The number of hydrogen-bond donors (Lipinski definition) is 7. The third kappa shape index (κ3) is 25.2. The van der Waals surface area contributed by atoms with Crippen LogP contribution in [0.15, 0.2) is 24.3 Å². The van der Waals surface area contributed by atoms with Crippen LogP contribution in [0.2, 0.25) is 0 Å². The molecule has 0 aliphatic carbocycles. The molecule has 11 atom stereocenters. The number of carbonyl (C=O) groups excluding carboxylic acids is 2. The number of aliphatic hydroxyl groups is 7. The van der Waals surface area contributed by atoms with Gasteiger partial charge < -0.3 is 64.2 Å². The van der Waals surface area contributed by atoms with Gasteiger partial charge in [0.15, 0.2) is 18.7 Å². The molecule has 0 bridgehead atoms. The van der Waals surface area contributed by atoms with Crippen LogP contribution in [0.1, 0.15) is 181 Å². The van der Waals surface area contributed by atoms with Crippen LogP contribution in [-0.2, 0) is 38.0 Å². The first-order valence-electron chi connectivity index (χ1n) is 24.9. The SMILES string of the molecule is CCCCCC/C=C\CCCCCCCC(=O)OCC(CO[C@@H]1O[C@H](CO[C@H]2O[C@H](CO)[C@H](O)[C@H](O)[C@H]2O)[C@H](O)[C@H](O)[C@H]1O)OC(=O)CCCCCCC/C=C/CCCCCCCC. The van der Waals surface area contributed by atoms with E-state index >= 15 is 0 Å². The largest absolute Gasteiger partial charge is 0.462 e. The Bertz CT molecular complexity index is 1220. The van der Waals surface area contributed by atoms with Gasteiger partial charge in [0, 0.05) is 12.8 Å². The van der Waals surface area contributed by atoms with Crippen LogP contribution in [0.4, 0.5) is 0 Å². The second-order valence-electron chi connectivity index (χ2n) is 17.6. The average molecular weight is 917 g/mol. The molecule has 0 radical (unpaired) electrons. The van der Waals surface area contributed by atoms with Gasteiger partial charge in [0.2, 0.25) is 0 Å². The Labute approximate surface area is 383 Å². The van der Waals surface area contributed by atoms with E-state index in [9.17, 15) is 45.3 Å². The van der Waals surface area contributed by atoms with Crippen molar-refractivity contribution < 1.29 is 73.8 Å². The molecular weight excluding hydrogens is 829 g/mol. The van der Waals surface area contributed by atoms with Crippen molar-refractivity contribution in [3.8, 4) is 0 Å². The normalized spacial score (nSPS) is 26.8. The molecule has 7 N–H and O–H groups in total. The fourth-order valence-electron chi connectivity index (χ4n) is 7.73. The van der Waals surface area contributed by atoms with Gasteiger partial charge in [0.05, 0.1) is 19.8 Å². The van der Waals surface area contributed by atoms with E-state index in [2.05, 4.69) is 38.2 Å². The van der Waals surface area contributed by atoms with E-state index in [-0.39, 0.29) is 26.1 Å². The molecule has 0 aromatic carbocycles. The number of hydrogen-bond acceptors (Lipinski definition) is 15. The Hall–Kier alpha value is -2.02. The van der Waals surface area contributed by atoms with E-state index in [1.54, 1.807) is 0 Å². The first-order valence-corrected chi connectivity index (χ1v) is 24.9. The zero-order chi connectivity index (χ0) is 46.8. The molecule has 2 aliphatic rings. The molecule has 15 nitrogen and oxygen atoms in total. The van der Waals surface area contributed by atoms with Gasteiger partial charge in [0.1, 0.15) is 55.4 Å². The first kappa shape index (κ1) is 58.1. The van der Waals surface area contributed by atoms with E-state index in [1.807, 2.05) is 0 Å². The Morgan fingerprint density at radius 2 is 0.891 bits per heavy atom. The van der Waals surface area contributed by atoms with E-state index in [1.165, 1.54) is 64.2 Å². The lowest BCUT2D eigenvalue weighted by Crippen LogP contribution is -2.61. The van der Waals surface area contributed by atoms with Crippen LogP contribution in [-0.4, -0.2) is 142 Å². The predicted molar refractivity (Wildman–Crippen MR) is 243 cm³/mol. The van der Waals surface area contributed by atoms with Gasteiger partial charge >= 0.3 is 11.9 Å². The Morgan fingerprint density at radius 1 is 0.484 bits per heavy atom. The minimum atomic E-state index is -1.76. The highest BCUT2D eigenvalue weighted by atomic mass is 16.7. The number of carbonyl (C=O) groups is 2. The van der Waals surface area contributed by atoms with Gasteiger partial charge in [-0.25, -0.2) is 0 Å². The van der Waals surface area contributed by atoms with Gasteiger partial charge in [-0.05, 0) is 64.2 Å². The summed E-state index contributed by atoms with van der Waals surface area (Å²) in [5, 5.41) is 72.0. The topological polar surface area (TPSA) is 231 Å². The quantitative estimate of drug-likeness (QED) is 0.0203. The van der Waals surface area contributed by atoms with Crippen LogP contribution in [0.3, 0.4) is 0 Å². The smallest absolute Gasteiger partial charge is 0.306 e. The molecule has 0 aromatic rings. The molecule has 15 heteroatoms. The van der Waals surface area contributed by atoms with Crippen molar-refractivity contribution in [1.82, 2.24) is 0 Å². The number of allylic oxidation sites excluding steroid dienone is 4. The van der Waals surface area contributed by atoms with Gasteiger partial charge in [-0.1, -0.05) is 128 Å². The van der Waals surface area contributed by atoms with Crippen LogP contribution in [0.25, 0.3) is 0 Å². The van der Waals surface area contributed by atoms with Crippen molar-refractivity contribution in [1.29, 1.82) is 0 Å². The van der Waals surface area contributed by atoms with Crippen molar-refractivity contribution in [2.24, 2.45) is 0 Å². The summed E-state index contributed by atoms with van der Waals surface area (Å²) in [6.45, 7) is 2.55. The molecule has 2 fully saturated rings. The van der Waals surface area contributed by atoms with Crippen LogP contribution >= 0.6 is 0 Å². The van der Waals surface area contributed by atoms with Gasteiger partial charge in [-0.2, -0.15) is 0 Å². The third-order valence-corrected chi connectivity index (χ3v) is 11.9.